The monoisotopic (exact) mass is 361 g/mol. The standard InChI is InChI=1S/C17H13F2N3O4/c1-25-13-6-12(7-14(8-13)26-2)22-16(15(17(23)24)20-21-22)9-3-10(18)5-11(19)4-9/h3-8H,1-2H3,(H,23,24). The van der Waals surface area contributed by atoms with Crippen molar-refractivity contribution in [2.45, 2.75) is 0 Å². The first-order valence-corrected chi connectivity index (χ1v) is 7.32. The van der Waals surface area contributed by atoms with E-state index in [4.69, 9.17) is 9.47 Å². The molecule has 0 aliphatic heterocycles. The van der Waals surface area contributed by atoms with Crippen LogP contribution in [0.3, 0.4) is 0 Å². The lowest BCUT2D eigenvalue weighted by Crippen LogP contribution is -2.04. The number of benzene rings is 2. The van der Waals surface area contributed by atoms with Crippen molar-refractivity contribution < 1.29 is 28.2 Å². The Kier molecular flexibility index (Phi) is 4.53. The fourth-order valence-corrected chi connectivity index (χ4v) is 2.47. The van der Waals surface area contributed by atoms with E-state index in [0.717, 1.165) is 16.8 Å². The summed E-state index contributed by atoms with van der Waals surface area (Å²) >= 11 is 0. The van der Waals surface area contributed by atoms with E-state index in [1.54, 1.807) is 18.2 Å². The first-order chi connectivity index (χ1) is 12.4. The molecule has 0 aliphatic carbocycles. The summed E-state index contributed by atoms with van der Waals surface area (Å²) in [4.78, 5) is 11.5. The molecule has 0 radical (unpaired) electrons. The van der Waals surface area contributed by atoms with Crippen LogP contribution < -0.4 is 9.47 Å². The average Bonchev–Trinajstić information content (AvgIpc) is 3.05. The SMILES string of the molecule is COc1cc(OC)cc(-n2nnc(C(=O)O)c2-c2cc(F)cc(F)c2)c1. The zero-order chi connectivity index (χ0) is 18.8. The van der Waals surface area contributed by atoms with E-state index >= 15 is 0 Å². The Morgan fingerprint density at radius 2 is 1.58 bits per heavy atom. The first kappa shape index (κ1) is 17.3. The van der Waals surface area contributed by atoms with Crippen LogP contribution in [-0.2, 0) is 0 Å². The third kappa shape index (κ3) is 3.18. The quantitative estimate of drug-likeness (QED) is 0.752. The second kappa shape index (κ2) is 6.79. The van der Waals surface area contributed by atoms with Gasteiger partial charge in [0.25, 0.3) is 0 Å². The van der Waals surface area contributed by atoms with Crippen molar-refractivity contribution in [2.24, 2.45) is 0 Å². The van der Waals surface area contributed by atoms with Crippen molar-refractivity contribution in [3.05, 3.63) is 53.7 Å². The number of methoxy groups -OCH3 is 2. The first-order valence-electron chi connectivity index (χ1n) is 7.32. The third-order valence-corrected chi connectivity index (χ3v) is 3.59. The lowest BCUT2D eigenvalue weighted by molar-refractivity contribution is 0.0691. The number of carboxylic acid groups (broad SMARTS) is 1. The zero-order valence-electron chi connectivity index (χ0n) is 13.7. The van der Waals surface area contributed by atoms with Gasteiger partial charge in [-0.1, -0.05) is 5.21 Å². The van der Waals surface area contributed by atoms with E-state index in [2.05, 4.69) is 10.3 Å². The topological polar surface area (TPSA) is 86.5 Å². The van der Waals surface area contributed by atoms with Crippen molar-refractivity contribution in [2.75, 3.05) is 14.2 Å². The molecule has 9 heteroatoms. The molecule has 0 bridgehead atoms. The number of carboxylic acids is 1. The molecule has 0 fully saturated rings. The highest BCUT2D eigenvalue weighted by Gasteiger charge is 2.23. The van der Waals surface area contributed by atoms with Crippen molar-refractivity contribution in [3.63, 3.8) is 0 Å². The highest BCUT2D eigenvalue weighted by molar-refractivity contribution is 5.93. The van der Waals surface area contributed by atoms with Crippen LogP contribution in [0.25, 0.3) is 16.9 Å². The largest absolute Gasteiger partial charge is 0.497 e. The summed E-state index contributed by atoms with van der Waals surface area (Å²) in [7, 11) is 2.90. The number of aromatic carboxylic acids is 1. The summed E-state index contributed by atoms with van der Waals surface area (Å²) in [5.41, 5.74) is -0.199. The predicted molar refractivity (Wildman–Crippen MR) is 86.8 cm³/mol. The Morgan fingerprint density at radius 3 is 2.08 bits per heavy atom. The summed E-state index contributed by atoms with van der Waals surface area (Å²) in [6, 6.07) is 7.42. The molecule has 1 aromatic heterocycles. The number of hydrogen-bond acceptors (Lipinski definition) is 5. The number of carbonyl (C=O) groups is 1. The molecule has 134 valence electrons. The minimum atomic E-state index is -1.38. The van der Waals surface area contributed by atoms with E-state index in [9.17, 15) is 18.7 Å². The second-order valence-corrected chi connectivity index (χ2v) is 5.23. The van der Waals surface area contributed by atoms with Crippen molar-refractivity contribution in [3.8, 4) is 28.4 Å². The minimum Gasteiger partial charge on any atom is -0.497 e. The molecule has 1 heterocycles. The molecule has 0 saturated heterocycles. The number of hydrogen-bond donors (Lipinski definition) is 1. The molecule has 0 spiro atoms. The summed E-state index contributed by atoms with van der Waals surface area (Å²) in [6.45, 7) is 0. The van der Waals surface area contributed by atoms with Crippen molar-refractivity contribution in [1.29, 1.82) is 0 Å². The highest BCUT2D eigenvalue weighted by Crippen LogP contribution is 2.30. The summed E-state index contributed by atoms with van der Waals surface area (Å²) in [5.74, 6) is -2.25. The Bertz CT molecular complexity index is 946. The Balaban J connectivity index is 2.28. The van der Waals surface area contributed by atoms with E-state index in [1.165, 1.54) is 14.2 Å². The molecule has 26 heavy (non-hydrogen) atoms. The maximum Gasteiger partial charge on any atom is 0.358 e. The summed E-state index contributed by atoms with van der Waals surface area (Å²) < 4.78 is 38.8. The molecular formula is C17H13F2N3O4. The Morgan fingerprint density at radius 1 is 1.00 bits per heavy atom. The van der Waals surface area contributed by atoms with Gasteiger partial charge in [-0.15, -0.1) is 5.10 Å². The molecular weight excluding hydrogens is 348 g/mol. The Hall–Kier alpha value is -3.49. The lowest BCUT2D eigenvalue weighted by Gasteiger charge is -2.11. The van der Waals surface area contributed by atoms with Gasteiger partial charge in [-0.3, -0.25) is 0 Å². The van der Waals surface area contributed by atoms with Crippen LogP contribution >= 0.6 is 0 Å². The van der Waals surface area contributed by atoms with Crippen LogP contribution in [0, 0.1) is 11.6 Å². The van der Waals surface area contributed by atoms with Crippen LogP contribution in [-0.4, -0.2) is 40.3 Å². The third-order valence-electron chi connectivity index (χ3n) is 3.59. The number of ether oxygens (including phenoxy) is 2. The lowest BCUT2D eigenvalue weighted by atomic mass is 10.1. The van der Waals surface area contributed by atoms with Crippen LogP contribution in [0.1, 0.15) is 10.5 Å². The summed E-state index contributed by atoms with van der Waals surface area (Å²) in [5, 5.41) is 16.8. The number of rotatable bonds is 5. The van der Waals surface area contributed by atoms with E-state index < -0.39 is 23.3 Å². The van der Waals surface area contributed by atoms with Gasteiger partial charge in [0.2, 0.25) is 0 Å². The van der Waals surface area contributed by atoms with Gasteiger partial charge in [-0.2, -0.15) is 0 Å². The molecule has 0 amide bonds. The smallest absolute Gasteiger partial charge is 0.358 e. The normalized spacial score (nSPS) is 10.6. The molecule has 1 N–H and O–H groups in total. The molecule has 0 aliphatic rings. The minimum absolute atomic E-state index is 0.0216. The van der Waals surface area contributed by atoms with Gasteiger partial charge >= 0.3 is 5.97 Å². The molecule has 7 nitrogen and oxygen atoms in total. The zero-order valence-corrected chi connectivity index (χ0v) is 13.7. The second-order valence-electron chi connectivity index (χ2n) is 5.23. The molecule has 3 aromatic rings. The number of halogens is 2. The van der Waals surface area contributed by atoms with Gasteiger partial charge in [-0.25, -0.2) is 18.3 Å². The van der Waals surface area contributed by atoms with Gasteiger partial charge in [0.05, 0.1) is 19.9 Å². The molecule has 0 unspecified atom stereocenters. The van der Waals surface area contributed by atoms with Crippen LogP contribution in [0.4, 0.5) is 8.78 Å². The number of aromatic nitrogens is 3. The summed E-state index contributed by atoms with van der Waals surface area (Å²) in [6.07, 6.45) is 0. The van der Waals surface area contributed by atoms with E-state index in [0.29, 0.717) is 23.3 Å². The van der Waals surface area contributed by atoms with Gasteiger partial charge in [0.1, 0.15) is 28.8 Å². The maximum atomic E-state index is 13.6. The molecule has 0 saturated carbocycles. The predicted octanol–water partition coefficient (Wildman–Crippen LogP) is 2.93. The van der Waals surface area contributed by atoms with E-state index in [1.807, 2.05) is 0 Å². The van der Waals surface area contributed by atoms with Gasteiger partial charge in [0, 0.05) is 29.8 Å². The fraction of sp³-hybridized carbons (Fsp3) is 0.118. The van der Waals surface area contributed by atoms with Crippen LogP contribution in [0.5, 0.6) is 11.5 Å². The van der Waals surface area contributed by atoms with Gasteiger partial charge in [0.15, 0.2) is 5.69 Å². The van der Waals surface area contributed by atoms with Crippen LogP contribution in [0.2, 0.25) is 0 Å². The van der Waals surface area contributed by atoms with E-state index in [-0.39, 0.29) is 11.3 Å². The fourth-order valence-electron chi connectivity index (χ4n) is 2.47. The molecule has 0 atom stereocenters. The van der Waals surface area contributed by atoms with Gasteiger partial charge in [-0.05, 0) is 12.1 Å². The highest BCUT2D eigenvalue weighted by atomic mass is 19.1. The number of nitrogens with zero attached hydrogens (tertiary/aromatic N) is 3. The van der Waals surface area contributed by atoms with Crippen molar-refractivity contribution >= 4 is 5.97 Å². The van der Waals surface area contributed by atoms with Gasteiger partial charge < -0.3 is 14.6 Å². The van der Waals surface area contributed by atoms with Crippen LogP contribution in [0.15, 0.2) is 36.4 Å². The van der Waals surface area contributed by atoms with Crippen molar-refractivity contribution in [1.82, 2.24) is 15.0 Å². The average molecular weight is 361 g/mol. The maximum absolute atomic E-state index is 13.6. The molecule has 2 aromatic carbocycles. The Labute approximate surface area is 146 Å². The molecule has 3 rings (SSSR count).